The molecule has 0 radical (unpaired) electrons. The number of nitrogens with one attached hydrogen (secondary N) is 2. The Kier molecular flexibility index (Phi) is 5.90. The second-order valence-electron chi connectivity index (χ2n) is 5.78. The molecule has 3 rings (SSSR count). The van der Waals surface area contributed by atoms with Gasteiger partial charge in [-0.2, -0.15) is 5.10 Å². The van der Waals surface area contributed by atoms with Gasteiger partial charge in [0.25, 0.3) is 11.5 Å². The van der Waals surface area contributed by atoms with Crippen LogP contribution in [0.25, 0.3) is 10.8 Å². The van der Waals surface area contributed by atoms with Crippen LogP contribution in [0.2, 0.25) is 5.02 Å². The van der Waals surface area contributed by atoms with E-state index in [0.29, 0.717) is 32.9 Å². The number of halogens is 1. The number of ether oxygens (including phenoxy) is 2. The maximum absolute atomic E-state index is 12.1. The van der Waals surface area contributed by atoms with Crippen molar-refractivity contribution in [2.75, 3.05) is 19.0 Å². The second-order valence-corrected chi connectivity index (χ2v) is 6.19. The molecule has 0 saturated carbocycles. The predicted molar refractivity (Wildman–Crippen MR) is 104 cm³/mol. The Hall–Kier alpha value is -3.39. The lowest BCUT2D eigenvalue weighted by Crippen LogP contribution is -2.22. The molecule has 0 aliphatic rings. The van der Waals surface area contributed by atoms with Crippen molar-refractivity contribution in [3.63, 3.8) is 0 Å². The van der Waals surface area contributed by atoms with E-state index in [0.717, 1.165) is 0 Å². The number of anilines is 1. The fourth-order valence-corrected chi connectivity index (χ4v) is 2.84. The highest BCUT2D eigenvalue weighted by Gasteiger charge is 2.14. The van der Waals surface area contributed by atoms with Gasteiger partial charge in [-0.3, -0.25) is 14.4 Å². The zero-order valence-electron chi connectivity index (χ0n) is 14.8. The zero-order chi connectivity index (χ0) is 20.1. The number of nitrogens with zero attached hydrogens (tertiary/aromatic N) is 1. The first-order valence-corrected chi connectivity index (χ1v) is 8.61. The molecule has 0 atom stereocenters. The first kappa shape index (κ1) is 19.4. The molecule has 2 aromatic carbocycles. The molecule has 0 fully saturated rings. The summed E-state index contributed by atoms with van der Waals surface area (Å²) in [5.74, 6) is -0.687. The number of hydrogen-bond acceptors (Lipinski definition) is 6. The Morgan fingerprint density at radius 1 is 1.18 bits per heavy atom. The largest absolute Gasteiger partial charge is 0.495 e. The van der Waals surface area contributed by atoms with E-state index < -0.39 is 18.5 Å². The third-order valence-electron chi connectivity index (χ3n) is 3.89. The second kappa shape index (κ2) is 8.53. The Labute approximate surface area is 164 Å². The summed E-state index contributed by atoms with van der Waals surface area (Å²) < 4.78 is 10.0. The Morgan fingerprint density at radius 3 is 2.64 bits per heavy atom. The van der Waals surface area contributed by atoms with Crippen molar-refractivity contribution in [3.05, 3.63) is 63.5 Å². The minimum atomic E-state index is -0.646. The SMILES string of the molecule is COc1ccc(NC(=O)COC(=O)Cc2n[nH]c(=O)c3ccccc23)cc1Cl. The summed E-state index contributed by atoms with van der Waals surface area (Å²) in [4.78, 5) is 35.8. The van der Waals surface area contributed by atoms with Gasteiger partial charge in [0, 0.05) is 11.1 Å². The van der Waals surface area contributed by atoms with Crippen LogP contribution in [0.4, 0.5) is 5.69 Å². The monoisotopic (exact) mass is 401 g/mol. The van der Waals surface area contributed by atoms with E-state index in [4.69, 9.17) is 21.1 Å². The molecule has 8 nitrogen and oxygen atoms in total. The lowest BCUT2D eigenvalue weighted by molar-refractivity contribution is -0.146. The number of esters is 1. The van der Waals surface area contributed by atoms with Crippen molar-refractivity contribution in [1.82, 2.24) is 10.2 Å². The third-order valence-corrected chi connectivity index (χ3v) is 4.18. The van der Waals surface area contributed by atoms with Crippen LogP contribution >= 0.6 is 11.6 Å². The van der Waals surface area contributed by atoms with Gasteiger partial charge in [0.2, 0.25) is 0 Å². The summed E-state index contributed by atoms with van der Waals surface area (Å²) in [6, 6.07) is 11.5. The van der Waals surface area contributed by atoms with E-state index in [1.54, 1.807) is 36.4 Å². The minimum Gasteiger partial charge on any atom is -0.495 e. The summed E-state index contributed by atoms with van der Waals surface area (Å²) in [5.41, 5.74) is 0.466. The van der Waals surface area contributed by atoms with Gasteiger partial charge < -0.3 is 14.8 Å². The lowest BCUT2D eigenvalue weighted by atomic mass is 10.1. The quantitative estimate of drug-likeness (QED) is 0.613. The summed E-state index contributed by atoms with van der Waals surface area (Å²) in [7, 11) is 1.49. The van der Waals surface area contributed by atoms with E-state index in [9.17, 15) is 14.4 Å². The number of carbonyl (C=O) groups is 2. The highest BCUT2D eigenvalue weighted by molar-refractivity contribution is 6.32. The number of rotatable bonds is 6. The molecular formula is C19H16ClN3O5. The average molecular weight is 402 g/mol. The standard InChI is InChI=1S/C19H16ClN3O5/c1-27-16-7-6-11(8-14(16)20)21-17(24)10-28-18(25)9-15-12-4-2-3-5-13(12)19(26)23-22-15/h2-8H,9-10H2,1H3,(H,21,24)(H,23,26). The summed E-state index contributed by atoms with van der Waals surface area (Å²) >= 11 is 6.00. The predicted octanol–water partition coefficient (Wildman–Crippen LogP) is 2.31. The normalized spacial score (nSPS) is 10.5. The number of H-pyrrole nitrogens is 1. The van der Waals surface area contributed by atoms with Crippen LogP contribution in [0, 0.1) is 0 Å². The number of methoxy groups -OCH3 is 1. The molecule has 0 bridgehead atoms. The smallest absolute Gasteiger partial charge is 0.312 e. The highest BCUT2D eigenvalue weighted by Crippen LogP contribution is 2.27. The molecule has 1 amide bonds. The molecule has 0 spiro atoms. The summed E-state index contributed by atoms with van der Waals surface area (Å²) in [6.45, 7) is -0.468. The molecule has 144 valence electrons. The topological polar surface area (TPSA) is 110 Å². The van der Waals surface area contributed by atoms with E-state index in [-0.39, 0.29) is 12.0 Å². The first-order chi connectivity index (χ1) is 13.5. The fourth-order valence-electron chi connectivity index (χ4n) is 2.58. The van der Waals surface area contributed by atoms with E-state index in [2.05, 4.69) is 15.5 Å². The first-order valence-electron chi connectivity index (χ1n) is 8.23. The van der Waals surface area contributed by atoms with Gasteiger partial charge in [-0.05, 0) is 24.3 Å². The van der Waals surface area contributed by atoms with Crippen molar-refractivity contribution in [2.24, 2.45) is 0 Å². The molecule has 2 N–H and O–H groups in total. The number of fused-ring (bicyclic) bond motifs is 1. The van der Waals surface area contributed by atoms with Crippen molar-refractivity contribution in [3.8, 4) is 5.75 Å². The summed E-state index contributed by atoms with van der Waals surface area (Å²) in [5, 5.41) is 10.1. The van der Waals surface area contributed by atoms with Crippen LogP contribution in [0.3, 0.4) is 0 Å². The fraction of sp³-hybridized carbons (Fsp3) is 0.158. The van der Waals surface area contributed by atoms with E-state index in [1.165, 1.54) is 13.2 Å². The van der Waals surface area contributed by atoms with Crippen LogP contribution in [-0.2, 0) is 20.7 Å². The van der Waals surface area contributed by atoms with Crippen LogP contribution < -0.4 is 15.6 Å². The van der Waals surface area contributed by atoms with Gasteiger partial charge in [-0.25, -0.2) is 5.10 Å². The lowest BCUT2D eigenvalue weighted by Gasteiger charge is -2.09. The van der Waals surface area contributed by atoms with Gasteiger partial charge in [0.05, 0.1) is 29.6 Å². The number of carbonyl (C=O) groups excluding carboxylic acids is 2. The number of aromatic amines is 1. The molecule has 0 unspecified atom stereocenters. The van der Waals surface area contributed by atoms with Gasteiger partial charge >= 0.3 is 5.97 Å². The molecule has 9 heteroatoms. The minimum absolute atomic E-state index is 0.182. The van der Waals surface area contributed by atoms with Crippen molar-refractivity contribution >= 4 is 39.9 Å². The van der Waals surface area contributed by atoms with Crippen molar-refractivity contribution < 1.29 is 19.1 Å². The molecule has 0 saturated heterocycles. The number of amides is 1. The Bertz CT molecular complexity index is 1100. The molecule has 3 aromatic rings. The summed E-state index contributed by atoms with van der Waals surface area (Å²) in [6.07, 6.45) is -0.182. The van der Waals surface area contributed by atoms with E-state index in [1.807, 2.05) is 0 Å². The van der Waals surface area contributed by atoms with Gasteiger partial charge in [-0.1, -0.05) is 29.8 Å². The Morgan fingerprint density at radius 2 is 1.93 bits per heavy atom. The zero-order valence-corrected chi connectivity index (χ0v) is 15.6. The number of aromatic nitrogens is 2. The highest BCUT2D eigenvalue weighted by atomic mass is 35.5. The number of hydrogen-bond donors (Lipinski definition) is 2. The number of benzene rings is 2. The molecule has 1 heterocycles. The van der Waals surface area contributed by atoms with Crippen LogP contribution in [0.5, 0.6) is 5.75 Å². The molecule has 0 aliphatic carbocycles. The van der Waals surface area contributed by atoms with Crippen LogP contribution in [0.15, 0.2) is 47.3 Å². The molecule has 0 aliphatic heterocycles. The van der Waals surface area contributed by atoms with Gasteiger partial charge in [0.1, 0.15) is 5.75 Å². The Balaban J connectivity index is 1.59. The molecular weight excluding hydrogens is 386 g/mol. The van der Waals surface area contributed by atoms with Crippen LogP contribution in [-0.4, -0.2) is 35.8 Å². The maximum Gasteiger partial charge on any atom is 0.312 e. The van der Waals surface area contributed by atoms with Gasteiger partial charge in [0.15, 0.2) is 6.61 Å². The third kappa shape index (κ3) is 4.47. The van der Waals surface area contributed by atoms with E-state index >= 15 is 0 Å². The van der Waals surface area contributed by atoms with Crippen molar-refractivity contribution in [1.29, 1.82) is 0 Å². The van der Waals surface area contributed by atoms with Crippen molar-refractivity contribution in [2.45, 2.75) is 6.42 Å². The maximum atomic E-state index is 12.1. The van der Waals surface area contributed by atoms with Gasteiger partial charge in [-0.15, -0.1) is 0 Å². The molecule has 1 aromatic heterocycles. The van der Waals surface area contributed by atoms with Crippen LogP contribution in [0.1, 0.15) is 5.69 Å². The molecule has 28 heavy (non-hydrogen) atoms. The average Bonchev–Trinajstić information content (AvgIpc) is 2.69.